The number of nitrogens with one attached hydrogen (secondary N) is 1. The van der Waals surface area contributed by atoms with Gasteiger partial charge in [-0.2, -0.15) is 0 Å². The standard InChI is InChI=1S/C16H24N2.C4H4O4/c1-3-11-18(12-4-2)13-9-14-6-5-7-16-15(14)8-10-17-16;5-3(6)1-2-4(7)8/h5-8,10,17H,3-4,9,11-13H2,1-2H3;1-2H,(H,5,6)(H,7,8)/b;2-1+. The summed E-state index contributed by atoms with van der Waals surface area (Å²) in [5.41, 5.74) is 2.72. The zero-order chi connectivity index (χ0) is 19.4. The van der Waals surface area contributed by atoms with Gasteiger partial charge in [-0.3, -0.25) is 0 Å². The van der Waals surface area contributed by atoms with Crippen molar-refractivity contribution in [2.24, 2.45) is 0 Å². The maximum Gasteiger partial charge on any atom is 0.328 e. The molecule has 2 aromatic rings. The van der Waals surface area contributed by atoms with Crippen molar-refractivity contribution in [3.8, 4) is 0 Å². The Morgan fingerprint density at radius 2 is 1.62 bits per heavy atom. The van der Waals surface area contributed by atoms with Gasteiger partial charge in [0.2, 0.25) is 0 Å². The Morgan fingerprint density at radius 3 is 2.15 bits per heavy atom. The molecule has 0 amide bonds. The van der Waals surface area contributed by atoms with Crippen LogP contribution >= 0.6 is 0 Å². The molecule has 0 aliphatic heterocycles. The van der Waals surface area contributed by atoms with E-state index in [-0.39, 0.29) is 0 Å². The van der Waals surface area contributed by atoms with Crippen molar-refractivity contribution >= 4 is 22.8 Å². The highest BCUT2D eigenvalue weighted by molar-refractivity contribution is 5.89. The summed E-state index contributed by atoms with van der Waals surface area (Å²) in [4.78, 5) is 25.0. The van der Waals surface area contributed by atoms with E-state index in [9.17, 15) is 9.59 Å². The molecule has 0 saturated carbocycles. The summed E-state index contributed by atoms with van der Waals surface area (Å²) in [7, 11) is 0. The van der Waals surface area contributed by atoms with E-state index >= 15 is 0 Å². The Labute approximate surface area is 154 Å². The second-order valence-electron chi connectivity index (χ2n) is 5.96. The van der Waals surface area contributed by atoms with Crippen molar-refractivity contribution in [1.82, 2.24) is 9.88 Å². The SMILES string of the molecule is CCCN(CCC)CCc1cccc2[nH]ccc12.O=C(O)/C=C/C(=O)O. The molecule has 0 bridgehead atoms. The number of aliphatic carboxylic acids is 2. The van der Waals surface area contributed by atoms with Crippen LogP contribution in [0.2, 0.25) is 0 Å². The van der Waals surface area contributed by atoms with Crippen molar-refractivity contribution in [2.45, 2.75) is 33.1 Å². The molecule has 0 radical (unpaired) electrons. The van der Waals surface area contributed by atoms with Gasteiger partial charge in [-0.1, -0.05) is 26.0 Å². The average molecular weight is 360 g/mol. The van der Waals surface area contributed by atoms with Gasteiger partial charge in [0.1, 0.15) is 0 Å². The topological polar surface area (TPSA) is 93.6 Å². The summed E-state index contributed by atoms with van der Waals surface area (Å²) in [6.45, 7) is 8.13. The smallest absolute Gasteiger partial charge is 0.328 e. The normalized spacial score (nSPS) is 10.9. The van der Waals surface area contributed by atoms with E-state index in [4.69, 9.17) is 10.2 Å². The van der Waals surface area contributed by atoms with Gasteiger partial charge in [0, 0.05) is 35.8 Å². The van der Waals surface area contributed by atoms with Crippen molar-refractivity contribution in [3.63, 3.8) is 0 Å². The lowest BCUT2D eigenvalue weighted by molar-refractivity contribution is -0.134. The largest absolute Gasteiger partial charge is 0.478 e. The monoisotopic (exact) mass is 360 g/mol. The first-order chi connectivity index (χ1) is 12.5. The Hall–Kier alpha value is -2.60. The molecule has 0 aliphatic carbocycles. The Morgan fingerprint density at radius 1 is 1.00 bits per heavy atom. The molecule has 142 valence electrons. The molecular formula is C20H28N2O4. The van der Waals surface area contributed by atoms with E-state index in [1.165, 1.54) is 48.9 Å². The number of carbonyl (C=O) groups is 2. The van der Waals surface area contributed by atoms with Gasteiger partial charge in [-0.25, -0.2) is 9.59 Å². The number of benzene rings is 1. The van der Waals surface area contributed by atoms with Crippen LogP contribution in [-0.4, -0.2) is 51.7 Å². The van der Waals surface area contributed by atoms with Crippen LogP contribution in [0.25, 0.3) is 10.9 Å². The first-order valence-corrected chi connectivity index (χ1v) is 8.89. The van der Waals surface area contributed by atoms with E-state index in [0.29, 0.717) is 12.2 Å². The second-order valence-corrected chi connectivity index (χ2v) is 5.96. The fraction of sp³-hybridized carbons (Fsp3) is 0.400. The van der Waals surface area contributed by atoms with Crippen LogP contribution in [0, 0.1) is 0 Å². The lowest BCUT2D eigenvalue weighted by Gasteiger charge is -2.21. The van der Waals surface area contributed by atoms with Gasteiger partial charge in [0.15, 0.2) is 0 Å². The highest BCUT2D eigenvalue weighted by Gasteiger charge is 2.05. The molecule has 6 heteroatoms. The molecule has 0 saturated heterocycles. The Bertz CT molecular complexity index is 699. The van der Waals surface area contributed by atoms with Crippen LogP contribution in [0.5, 0.6) is 0 Å². The van der Waals surface area contributed by atoms with Crippen molar-refractivity contribution in [1.29, 1.82) is 0 Å². The fourth-order valence-electron chi connectivity index (χ4n) is 2.76. The van der Waals surface area contributed by atoms with Gasteiger partial charge >= 0.3 is 11.9 Å². The van der Waals surface area contributed by atoms with Gasteiger partial charge in [0.05, 0.1) is 0 Å². The average Bonchev–Trinajstić information content (AvgIpc) is 3.08. The number of fused-ring (bicyclic) bond motifs is 1. The maximum atomic E-state index is 9.55. The minimum atomic E-state index is -1.26. The molecule has 1 heterocycles. The lowest BCUT2D eigenvalue weighted by atomic mass is 10.1. The van der Waals surface area contributed by atoms with Crippen LogP contribution in [0.1, 0.15) is 32.3 Å². The van der Waals surface area contributed by atoms with Crippen LogP contribution in [0.4, 0.5) is 0 Å². The zero-order valence-corrected chi connectivity index (χ0v) is 15.4. The molecule has 3 N–H and O–H groups in total. The minimum absolute atomic E-state index is 0.558. The molecule has 0 aliphatic rings. The number of H-pyrrole nitrogens is 1. The van der Waals surface area contributed by atoms with Crippen molar-refractivity contribution < 1.29 is 19.8 Å². The van der Waals surface area contributed by atoms with Crippen LogP contribution in [0.3, 0.4) is 0 Å². The fourth-order valence-corrected chi connectivity index (χ4v) is 2.76. The highest BCUT2D eigenvalue weighted by Crippen LogP contribution is 2.18. The van der Waals surface area contributed by atoms with Crippen LogP contribution in [-0.2, 0) is 16.0 Å². The highest BCUT2D eigenvalue weighted by atomic mass is 16.4. The first kappa shape index (κ1) is 21.4. The Balaban J connectivity index is 0.000000359. The molecule has 0 spiro atoms. The third kappa shape index (κ3) is 7.98. The third-order valence-electron chi connectivity index (χ3n) is 3.83. The number of carboxylic acids is 2. The molecule has 26 heavy (non-hydrogen) atoms. The molecular weight excluding hydrogens is 332 g/mol. The van der Waals surface area contributed by atoms with E-state index < -0.39 is 11.9 Å². The van der Waals surface area contributed by atoms with Crippen molar-refractivity contribution in [3.05, 3.63) is 48.2 Å². The zero-order valence-electron chi connectivity index (χ0n) is 15.4. The number of aromatic amines is 1. The van der Waals surface area contributed by atoms with E-state index in [1.807, 2.05) is 6.20 Å². The summed E-state index contributed by atoms with van der Waals surface area (Å²) in [5.74, 6) is -2.51. The second kappa shape index (κ2) is 11.9. The number of aromatic nitrogens is 1. The predicted octanol–water partition coefficient (Wildman–Crippen LogP) is 3.54. The van der Waals surface area contributed by atoms with E-state index in [0.717, 1.165) is 6.42 Å². The summed E-state index contributed by atoms with van der Waals surface area (Å²) in [5, 5.41) is 17.0. The molecule has 2 rings (SSSR count). The quantitative estimate of drug-likeness (QED) is 0.595. The van der Waals surface area contributed by atoms with Gasteiger partial charge in [0.25, 0.3) is 0 Å². The third-order valence-corrected chi connectivity index (χ3v) is 3.83. The van der Waals surface area contributed by atoms with Crippen molar-refractivity contribution in [2.75, 3.05) is 19.6 Å². The lowest BCUT2D eigenvalue weighted by Crippen LogP contribution is -2.27. The molecule has 1 aromatic carbocycles. The summed E-state index contributed by atoms with van der Waals surface area (Å²) in [6.07, 6.45) is 6.78. The summed E-state index contributed by atoms with van der Waals surface area (Å²) in [6, 6.07) is 8.74. The molecule has 0 unspecified atom stereocenters. The van der Waals surface area contributed by atoms with Gasteiger partial charge in [-0.15, -0.1) is 0 Å². The number of hydrogen-bond acceptors (Lipinski definition) is 3. The van der Waals surface area contributed by atoms with E-state index in [2.05, 4.69) is 48.0 Å². The maximum absolute atomic E-state index is 9.55. The van der Waals surface area contributed by atoms with E-state index in [1.54, 1.807) is 0 Å². The number of hydrogen-bond donors (Lipinski definition) is 3. The summed E-state index contributed by atoms with van der Waals surface area (Å²) < 4.78 is 0. The van der Waals surface area contributed by atoms with Gasteiger partial charge in [-0.05, 0) is 50.0 Å². The molecule has 0 atom stereocenters. The van der Waals surface area contributed by atoms with Gasteiger partial charge < -0.3 is 20.1 Å². The predicted molar refractivity (Wildman–Crippen MR) is 103 cm³/mol. The number of carboxylic acid groups (broad SMARTS) is 2. The first-order valence-electron chi connectivity index (χ1n) is 8.89. The van der Waals surface area contributed by atoms with Crippen LogP contribution in [0.15, 0.2) is 42.6 Å². The number of nitrogens with zero attached hydrogens (tertiary/aromatic N) is 1. The molecule has 6 nitrogen and oxygen atoms in total. The molecule has 0 fully saturated rings. The summed E-state index contributed by atoms with van der Waals surface area (Å²) >= 11 is 0. The number of rotatable bonds is 9. The minimum Gasteiger partial charge on any atom is -0.478 e. The molecule has 1 aromatic heterocycles. The Kier molecular flexibility index (Phi) is 9.79. The van der Waals surface area contributed by atoms with Crippen LogP contribution < -0.4 is 0 Å².